The van der Waals surface area contributed by atoms with E-state index in [4.69, 9.17) is 4.74 Å². The highest BCUT2D eigenvalue weighted by Gasteiger charge is 2.01. The number of aromatic nitrogens is 1. The van der Waals surface area contributed by atoms with Gasteiger partial charge in [-0.05, 0) is 55.3 Å². The zero-order valence-electron chi connectivity index (χ0n) is 11.7. The van der Waals surface area contributed by atoms with Crippen LogP contribution in [0.25, 0.3) is 0 Å². The third-order valence-electron chi connectivity index (χ3n) is 3.06. The van der Waals surface area contributed by atoms with E-state index in [0.29, 0.717) is 0 Å². The van der Waals surface area contributed by atoms with E-state index in [1.165, 1.54) is 11.1 Å². The lowest BCUT2D eigenvalue weighted by molar-refractivity contribution is 0.478. The van der Waals surface area contributed by atoms with Gasteiger partial charge in [0.15, 0.2) is 0 Å². The average molecular weight is 256 g/mol. The number of ether oxygens (including phenoxy) is 1. The quantitative estimate of drug-likeness (QED) is 0.887. The molecule has 0 aliphatic rings. The Balaban J connectivity index is 2.11. The van der Waals surface area contributed by atoms with Crippen molar-refractivity contribution in [3.8, 4) is 11.5 Å². The molecule has 3 nitrogen and oxygen atoms in total. The van der Waals surface area contributed by atoms with Crippen LogP contribution >= 0.6 is 0 Å². The Labute approximate surface area is 114 Å². The SMILES string of the molecule is CCNCc1cncc(Oc2ccc(C)c(C)c2)c1. The molecule has 0 atom stereocenters. The van der Waals surface area contributed by atoms with Crippen molar-refractivity contribution in [2.24, 2.45) is 0 Å². The van der Waals surface area contributed by atoms with Crippen LogP contribution in [0.2, 0.25) is 0 Å². The van der Waals surface area contributed by atoms with Gasteiger partial charge in [-0.3, -0.25) is 4.98 Å². The molecule has 0 radical (unpaired) electrons. The second kappa shape index (κ2) is 6.34. The van der Waals surface area contributed by atoms with Gasteiger partial charge in [-0.15, -0.1) is 0 Å². The number of hydrogen-bond donors (Lipinski definition) is 1. The largest absolute Gasteiger partial charge is 0.456 e. The molecule has 0 aliphatic heterocycles. The number of nitrogens with one attached hydrogen (secondary N) is 1. The molecule has 2 rings (SSSR count). The minimum atomic E-state index is 0.777. The Morgan fingerprint density at radius 1 is 1.05 bits per heavy atom. The smallest absolute Gasteiger partial charge is 0.146 e. The fraction of sp³-hybridized carbons (Fsp3) is 0.312. The minimum Gasteiger partial charge on any atom is -0.456 e. The number of rotatable bonds is 5. The van der Waals surface area contributed by atoms with Crippen LogP contribution in [0.15, 0.2) is 36.7 Å². The molecule has 2 aromatic rings. The van der Waals surface area contributed by atoms with E-state index in [1.54, 1.807) is 6.20 Å². The molecule has 0 bridgehead atoms. The summed E-state index contributed by atoms with van der Waals surface area (Å²) in [4.78, 5) is 4.21. The Morgan fingerprint density at radius 3 is 2.63 bits per heavy atom. The first-order chi connectivity index (χ1) is 9.19. The normalized spacial score (nSPS) is 10.5. The predicted octanol–water partition coefficient (Wildman–Crippen LogP) is 3.60. The van der Waals surface area contributed by atoms with Crippen molar-refractivity contribution in [2.45, 2.75) is 27.3 Å². The maximum atomic E-state index is 5.84. The maximum absolute atomic E-state index is 5.84. The molecule has 0 spiro atoms. The zero-order valence-corrected chi connectivity index (χ0v) is 11.7. The van der Waals surface area contributed by atoms with Crippen LogP contribution in [-0.4, -0.2) is 11.5 Å². The molecule has 19 heavy (non-hydrogen) atoms. The first-order valence-electron chi connectivity index (χ1n) is 6.59. The summed E-state index contributed by atoms with van der Waals surface area (Å²) in [7, 11) is 0. The van der Waals surface area contributed by atoms with Crippen molar-refractivity contribution in [2.75, 3.05) is 6.54 Å². The van der Waals surface area contributed by atoms with E-state index in [9.17, 15) is 0 Å². The van der Waals surface area contributed by atoms with Gasteiger partial charge in [0.05, 0.1) is 6.20 Å². The topological polar surface area (TPSA) is 34.2 Å². The van der Waals surface area contributed by atoms with Crippen molar-refractivity contribution in [1.82, 2.24) is 10.3 Å². The van der Waals surface area contributed by atoms with Crippen LogP contribution in [0.3, 0.4) is 0 Å². The summed E-state index contributed by atoms with van der Waals surface area (Å²) in [6.45, 7) is 8.03. The van der Waals surface area contributed by atoms with Gasteiger partial charge in [0.2, 0.25) is 0 Å². The summed E-state index contributed by atoms with van der Waals surface area (Å²) in [5, 5.41) is 3.28. The lowest BCUT2D eigenvalue weighted by Gasteiger charge is -2.09. The Morgan fingerprint density at radius 2 is 1.89 bits per heavy atom. The molecular weight excluding hydrogens is 236 g/mol. The summed E-state index contributed by atoms with van der Waals surface area (Å²) in [6.07, 6.45) is 3.60. The van der Waals surface area contributed by atoms with Gasteiger partial charge in [-0.25, -0.2) is 0 Å². The van der Waals surface area contributed by atoms with E-state index >= 15 is 0 Å². The van der Waals surface area contributed by atoms with Crippen LogP contribution in [0, 0.1) is 13.8 Å². The number of pyridine rings is 1. The molecule has 3 heteroatoms. The van der Waals surface area contributed by atoms with Crippen molar-refractivity contribution >= 4 is 0 Å². The van der Waals surface area contributed by atoms with Crippen LogP contribution in [0.5, 0.6) is 11.5 Å². The van der Waals surface area contributed by atoms with Crippen LogP contribution < -0.4 is 10.1 Å². The fourth-order valence-corrected chi connectivity index (χ4v) is 1.80. The standard InChI is InChI=1S/C16H20N2O/c1-4-17-9-14-8-16(11-18-10-14)19-15-6-5-12(2)13(3)7-15/h5-8,10-11,17H,4,9H2,1-3H3. The lowest BCUT2D eigenvalue weighted by Crippen LogP contribution is -2.11. The number of aryl methyl sites for hydroxylation is 2. The first-order valence-corrected chi connectivity index (χ1v) is 6.59. The molecule has 0 unspecified atom stereocenters. The fourth-order valence-electron chi connectivity index (χ4n) is 1.80. The molecular formula is C16H20N2O. The summed E-state index contributed by atoms with van der Waals surface area (Å²) in [5.74, 6) is 1.63. The summed E-state index contributed by atoms with van der Waals surface area (Å²) in [5.41, 5.74) is 3.63. The second-order valence-electron chi connectivity index (χ2n) is 4.66. The van der Waals surface area contributed by atoms with Gasteiger partial charge in [0.1, 0.15) is 11.5 Å². The molecule has 0 saturated carbocycles. The molecule has 100 valence electrons. The Bertz CT molecular complexity index is 552. The highest BCUT2D eigenvalue weighted by atomic mass is 16.5. The number of benzene rings is 1. The predicted molar refractivity (Wildman–Crippen MR) is 77.6 cm³/mol. The molecule has 0 saturated heterocycles. The van der Waals surface area contributed by atoms with Gasteiger partial charge in [-0.2, -0.15) is 0 Å². The van der Waals surface area contributed by atoms with E-state index in [1.807, 2.05) is 24.4 Å². The molecule has 0 amide bonds. The van der Waals surface area contributed by atoms with Gasteiger partial charge in [0, 0.05) is 12.7 Å². The molecule has 0 fully saturated rings. The minimum absolute atomic E-state index is 0.777. The van der Waals surface area contributed by atoms with E-state index in [2.05, 4.69) is 37.1 Å². The van der Waals surface area contributed by atoms with Crippen LogP contribution in [0.4, 0.5) is 0 Å². The second-order valence-corrected chi connectivity index (χ2v) is 4.66. The van der Waals surface area contributed by atoms with Crippen molar-refractivity contribution in [1.29, 1.82) is 0 Å². The highest BCUT2D eigenvalue weighted by Crippen LogP contribution is 2.23. The monoisotopic (exact) mass is 256 g/mol. The Kier molecular flexibility index (Phi) is 4.53. The van der Waals surface area contributed by atoms with E-state index in [-0.39, 0.29) is 0 Å². The maximum Gasteiger partial charge on any atom is 0.146 e. The first kappa shape index (κ1) is 13.6. The number of hydrogen-bond acceptors (Lipinski definition) is 3. The van der Waals surface area contributed by atoms with Gasteiger partial charge in [0.25, 0.3) is 0 Å². The number of nitrogens with zero attached hydrogens (tertiary/aromatic N) is 1. The summed E-state index contributed by atoms with van der Waals surface area (Å²) >= 11 is 0. The van der Waals surface area contributed by atoms with Crippen molar-refractivity contribution in [3.05, 3.63) is 53.3 Å². The van der Waals surface area contributed by atoms with Gasteiger partial charge in [-0.1, -0.05) is 13.0 Å². The van der Waals surface area contributed by atoms with Gasteiger partial charge >= 0.3 is 0 Å². The molecule has 1 aromatic carbocycles. The molecule has 0 aliphatic carbocycles. The van der Waals surface area contributed by atoms with E-state index < -0.39 is 0 Å². The third kappa shape index (κ3) is 3.80. The Hall–Kier alpha value is -1.87. The van der Waals surface area contributed by atoms with E-state index in [0.717, 1.165) is 30.2 Å². The molecule has 1 aromatic heterocycles. The average Bonchev–Trinajstić information content (AvgIpc) is 2.41. The van der Waals surface area contributed by atoms with Crippen LogP contribution in [0.1, 0.15) is 23.6 Å². The third-order valence-corrected chi connectivity index (χ3v) is 3.06. The van der Waals surface area contributed by atoms with Gasteiger partial charge < -0.3 is 10.1 Å². The van der Waals surface area contributed by atoms with Crippen molar-refractivity contribution < 1.29 is 4.74 Å². The summed E-state index contributed by atoms with van der Waals surface area (Å²) in [6, 6.07) is 8.12. The zero-order chi connectivity index (χ0) is 13.7. The molecule has 1 N–H and O–H groups in total. The summed E-state index contributed by atoms with van der Waals surface area (Å²) < 4.78 is 5.84. The van der Waals surface area contributed by atoms with Crippen LogP contribution in [-0.2, 0) is 6.54 Å². The van der Waals surface area contributed by atoms with Crippen molar-refractivity contribution in [3.63, 3.8) is 0 Å². The molecule has 1 heterocycles. The lowest BCUT2D eigenvalue weighted by atomic mass is 10.1. The highest BCUT2D eigenvalue weighted by molar-refractivity contribution is 5.37.